The number of amides is 2. The van der Waals surface area contributed by atoms with Crippen LogP contribution in [0.1, 0.15) is 44.6 Å². The lowest BCUT2D eigenvalue weighted by Gasteiger charge is -2.40. The molecule has 1 aliphatic rings. The average molecular weight is 566 g/mol. The van der Waals surface area contributed by atoms with E-state index in [2.05, 4.69) is 58.7 Å². The van der Waals surface area contributed by atoms with Crippen molar-refractivity contribution in [3.05, 3.63) is 173 Å². The average Bonchev–Trinajstić information content (AvgIpc) is 3.07. The number of nitrogens with zero attached hydrogens (tertiary/aromatic N) is 2. The van der Waals surface area contributed by atoms with Gasteiger partial charge < -0.3 is 10.2 Å². The molecule has 1 N–H and O–H groups in total. The molecule has 0 spiro atoms. The van der Waals surface area contributed by atoms with Crippen molar-refractivity contribution < 1.29 is 9.59 Å². The zero-order valence-corrected chi connectivity index (χ0v) is 24.1. The first-order valence-corrected chi connectivity index (χ1v) is 14.8. The second kappa shape index (κ2) is 13.3. The summed E-state index contributed by atoms with van der Waals surface area (Å²) in [5, 5.41) is 3.10. The van der Waals surface area contributed by atoms with Gasteiger partial charge in [-0.15, -0.1) is 0 Å². The molecule has 0 atom stereocenters. The molecule has 5 heteroatoms. The maximum absolute atomic E-state index is 13.9. The quantitative estimate of drug-likeness (QED) is 0.220. The SMILES string of the molecule is O=C(Nc1ccccc1C(=O)N1CCN(C(c2ccccc2)c2ccccc2)CC1)C(c1ccccc1)c1ccccc1. The fourth-order valence-electron chi connectivity index (χ4n) is 6.01. The summed E-state index contributed by atoms with van der Waals surface area (Å²) in [6.07, 6.45) is 0. The third-order valence-electron chi connectivity index (χ3n) is 8.14. The van der Waals surface area contributed by atoms with Crippen molar-refractivity contribution in [2.24, 2.45) is 0 Å². The number of para-hydroxylation sites is 1. The second-order valence-electron chi connectivity index (χ2n) is 10.8. The molecule has 0 radical (unpaired) electrons. The van der Waals surface area contributed by atoms with Crippen LogP contribution in [0.3, 0.4) is 0 Å². The normalized spacial score (nSPS) is 13.7. The predicted molar refractivity (Wildman–Crippen MR) is 172 cm³/mol. The van der Waals surface area contributed by atoms with Gasteiger partial charge in [-0.25, -0.2) is 0 Å². The van der Waals surface area contributed by atoms with Gasteiger partial charge in [-0.3, -0.25) is 14.5 Å². The maximum atomic E-state index is 13.9. The van der Waals surface area contributed by atoms with Crippen LogP contribution < -0.4 is 5.32 Å². The topological polar surface area (TPSA) is 52.7 Å². The minimum atomic E-state index is -0.498. The Morgan fingerprint density at radius 1 is 0.512 bits per heavy atom. The molecule has 43 heavy (non-hydrogen) atoms. The van der Waals surface area contributed by atoms with Gasteiger partial charge in [-0.2, -0.15) is 0 Å². The second-order valence-corrected chi connectivity index (χ2v) is 10.8. The maximum Gasteiger partial charge on any atom is 0.256 e. The lowest BCUT2D eigenvalue weighted by Crippen LogP contribution is -2.50. The third-order valence-corrected chi connectivity index (χ3v) is 8.14. The molecule has 0 bridgehead atoms. The summed E-state index contributed by atoms with van der Waals surface area (Å²) in [5.74, 6) is -0.736. The van der Waals surface area contributed by atoms with E-state index in [0.717, 1.165) is 24.2 Å². The summed E-state index contributed by atoms with van der Waals surface area (Å²) in [6, 6.07) is 48.1. The van der Waals surface area contributed by atoms with Gasteiger partial charge in [-0.05, 0) is 34.4 Å². The number of rotatable bonds is 8. The molecule has 0 aliphatic carbocycles. The molecule has 214 valence electrons. The zero-order valence-electron chi connectivity index (χ0n) is 24.1. The first kappa shape index (κ1) is 28.1. The lowest BCUT2D eigenvalue weighted by molar-refractivity contribution is -0.116. The van der Waals surface area contributed by atoms with Crippen LogP contribution in [0.15, 0.2) is 146 Å². The zero-order chi connectivity index (χ0) is 29.4. The van der Waals surface area contributed by atoms with Crippen LogP contribution in [0.25, 0.3) is 0 Å². The van der Waals surface area contributed by atoms with Gasteiger partial charge >= 0.3 is 0 Å². The summed E-state index contributed by atoms with van der Waals surface area (Å²) in [5.41, 5.74) is 5.32. The number of hydrogen-bond donors (Lipinski definition) is 1. The van der Waals surface area contributed by atoms with Crippen LogP contribution >= 0.6 is 0 Å². The van der Waals surface area contributed by atoms with Crippen LogP contribution in [0.5, 0.6) is 0 Å². The van der Waals surface area contributed by atoms with Gasteiger partial charge in [0.15, 0.2) is 0 Å². The fourth-order valence-corrected chi connectivity index (χ4v) is 6.01. The molecule has 5 nitrogen and oxygen atoms in total. The van der Waals surface area contributed by atoms with Gasteiger partial charge in [-0.1, -0.05) is 133 Å². The van der Waals surface area contributed by atoms with Crippen LogP contribution in [-0.2, 0) is 4.79 Å². The number of carbonyl (C=O) groups is 2. The van der Waals surface area contributed by atoms with Crippen LogP contribution in [0.4, 0.5) is 5.69 Å². The van der Waals surface area contributed by atoms with Gasteiger partial charge in [0, 0.05) is 26.2 Å². The molecule has 5 aromatic carbocycles. The summed E-state index contributed by atoms with van der Waals surface area (Å²) >= 11 is 0. The molecule has 6 rings (SSSR count). The Bertz CT molecular complexity index is 1560. The van der Waals surface area contributed by atoms with Gasteiger partial charge in [0.25, 0.3) is 5.91 Å². The Morgan fingerprint density at radius 2 is 0.930 bits per heavy atom. The molecule has 0 aromatic heterocycles. The molecule has 1 saturated heterocycles. The molecule has 2 amide bonds. The summed E-state index contributed by atoms with van der Waals surface area (Å²) in [6.45, 7) is 2.71. The highest BCUT2D eigenvalue weighted by molar-refractivity contribution is 6.06. The van der Waals surface area contributed by atoms with E-state index in [1.54, 1.807) is 6.07 Å². The lowest BCUT2D eigenvalue weighted by atomic mass is 9.90. The number of nitrogens with one attached hydrogen (secondary N) is 1. The third kappa shape index (κ3) is 6.42. The minimum Gasteiger partial charge on any atom is -0.336 e. The van der Waals surface area contributed by atoms with E-state index in [1.807, 2.05) is 95.9 Å². The van der Waals surface area contributed by atoms with Gasteiger partial charge in [0.1, 0.15) is 0 Å². The Kier molecular flexibility index (Phi) is 8.72. The smallest absolute Gasteiger partial charge is 0.256 e. The van der Waals surface area contributed by atoms with E-state index < -0.39 is 5.92 Å². The van der Waals surface area contributed by atoms with Crippen molar-refractivity contribution in [1.82, 2.24) is 9.80 Å². The molecular weight excluding hydrogens is 530 g/mol. The molecule has 0 saturated carbocycles. The van der Waals surface area contributed by atoms with Crippen LogP contribution in [0, 0.1) is 0 Å². The van der Waals surface area contributed by atoms with Gasteiger partial charge in [0.2, 0.25) is 5.91 Å². The van der Waals surface area contributed by atoms with Crippen molar-refractivity contribution in [2.75, 3.05) is 31.5 Å². The van der Waals surface area contributed by atoms with Crippen molar-refractivity contribution in [2.45, 2.75) is 12.0 Å². The number of hydrogen-bond acceptors (Lipinski definition) is 3. The van der Waals surface area contributed by atoms with E-state index in [1.165, 1.54) is 11.1 Å². The summed E-state index contributed by atoms with van der Waals surface area (Å²) in [4.78, 5) is 32.0. The standard InChI is InChI=1S/C38H35N3O2/c42-37(35(29-15-5-1-6-16-29)30-17-7-2-8-18-30)39-34-24-14-13-23-33(34)38(43)41-27-25-40(26-28-41)36(31-19-9-3-10-20-31)32-21-11-4-12-22-32/h1-24,35-36H,25-28H2,(H,39,42). The highest BCUT2D eigenvalue weighted by Crippen LogP contribution is 2.31. The first-order chi connectivity index (χ1) is 21.2. The molecule has 1 fully saturated rings. The van der Waals surface area contributed by atoms with E-state index in [-0.39, 0.29) is 17.9 Å². The van der Waals surface area contributed by atoms with Crippen LogP contribution in [-0.4, -0.2) is 47.8 Å². The van der Waals surface area contributed by atoms with Crippen molar-refractivity contribution in [3.63, 3.8) is 0 Å². The first-order valence-electron chi connectivity index (χ1n) is 14.8. The Labute approximate surface area is 253 Å². The largest absolute Gasteiger partial charge is 0.336 e. The molecule has 5 aromatic rings. The monoisotopic (exact) mass is 565 g/mol. The minimum absolute atomic E-state index is 0.0671. The Balaban J connectivity index is 1.19. The van der Waals surface area contributed by atoms with Gasteiger partial charge in [0.05, 0.1) is 23.2 Å². The number of anilines is 1. The highest BCUT2D eigenvalue weighted by atomic mass is 16.2. The number of piperazine rings is 1. The summed E-state index contributed by atoms with van der Waals surface area (Å²) < 4.78 is 0. The van der Waals surface area contributed by atoms with Crippen LogP contribution in [0.2, 0.25) is 0 Å². The highest BCUT2D eigenvalue weighted by Gasteiger charge is 2.30. The molecule has 0 unspecified atom stereocenters. The van der Waals surface area contributed by atoms with Crippen molar-refractivity contribution in [3.8, 4) is 0 Å². The molecule has 1 aliphatic heterocycles. The summed E-state index contributed by atoms with van der Waals surface area (Å²) in [7, 11) is 0. The van der Waals surface area contributed by atoms with E-state index in [0.29, 0.717) is 24.3 Å². The molecular formula is C38H35N3O2. The molecule has 1 heterocycles. The van der Waals surface area contributed by atoms with E-state index >= 15 is 0 Å². The van der Waals surface area contributed by atoms with Crippen molar-refractivity contribution >= 4 is 17.5 Å². The van der Waals surface area contributed by atoms with Crippen molar-refractivity contribution in [1.29, 1.82) is 0 Å². The predicted octanol–water partition coefficient (Wildman–Crippen LogP) is 7.00. The Hall–Kier alpha value is -5.00. The van der Waals surface area contributed by atoms with E-state index in [9.17, 15) is 9.59 Å². The fraction of sp³-hybridized carbons (Fsp3) is 0.158. The number of benzene rings is 5. The Morgan fingerprint density at radius 3 is 1.42 bits per heavy atom. The number of carbonyl (C=O) groups excluding carboxylic acids is 2. The van der Waals surface area contributed by atoms with E-state index in [4.69, 9.17) is 0 Å².